The standard InChI is InChI=1S/C14H16ClN5O2/c1-3-16-13(21)9(2)17-14(22)11-8-20(19-18-11)12-7-5-4-6-10(12)15/h4-9H,3H2,1-2H3,(H,16,21)(H,17,22)/t9-/m0/s1. The summed E-state index contributed by atoms with van der Waals surface area (Å²) < 4.78 is 1.41. The number of rotatable bonds is 5. The van der Waals surface area contributed by atoms with Crippen LogP contribution in [0.5, 0.6) is 0 Å². The molecule has 0 fully saturated rings. The third-order valence-electron chi connectivity index (χ3n) is 2.92. The molecule has 2 amide bonds. The Morgan fingerprint density at radius 3 is 2.77 bits per heavy atom. The SMILES string of the molecule is CCNC(=O)[C@H](C)NC(=O)c1cn(-c2ccccc2Cl)nn1. The van der Waals surface area contributed by atoms with E-state index < -0.39 is 11.9 Å². The molecular formula is C14H16ClN5O2. The molecule has 1 aromatic carbocycles. The summed E-state index contributed by atoms with van der Waals surface area (Å²) in [6, 6.07) is 6.42. The van der Waals surface area contributed by atoms with E-state index in [-0.39, 0.29) is 11.6 Å². The van der Waals surface area contributed by atoms with Crippen molar-refractivity contribution >= 4 is 23.4 Å². The number of carbonyl (C=O) groups is 2. The van der Waals surface area contributed by atoms with Crippen LogP contribution in [0.2, 0.25) is 5.02 Å². The minimum Gasteiger partial charge on any atom is -0.355 e. The van der Waals surface area contributed by atoms with Crippen LogP contribution in [-0.4, -0.2) is 39.4 Å². The van der Waals surface area contributed by atoms with Crippen LogP contribution < -0.4 is 10.6 Å². The molecule has 22 heavy (non-hydrogen) atoms. The molecule has 0 bridgehead atoms. The fourth-order valence-electron chi connectivity index (χ4n) is 1.79. The van der Waals surface area contributed by atoms with Crippen molar-refractivity contribution in [1.29, 1.82) is 0 Å². The van der Waals surface area contributed by atoms with Gasteiger partial charge in [0.25, 0.3) is 5.91 Å². The highest BCUT2D eigenvalue weighted by atomic mass is 35.5. The number of halogens is 1. The van der Waals surface area contributed by atoms with Gasteiger partial charge >= 0.3 is 0 Å². The Labute approximate surface area is 132 Å². The van der Waals surface area contributed by atoms with Crippen molar-refractivity contribution < 1.29 is 9.59 Å². The van der Waals surface area contributed by atoms with Gasteiger partial charge in [0.2, 0.25) is 5.91 Å². The van der Waals surface area contributed by atoms with Gasteiger partial charge in [-0.3, -0.25) is 9.59 Å². The fourth-order valence-corrected chi connectivity index (χ4v) is 2.01. The van der Waals surface area contributed by atoms with Crippen LogP contribution in [0.25, 0.3) is 5.69 Å². The predicted octanol–water partition coefficient (Wildman–Crippen LogP) is 1.18. The molecule has 116 valence electrons. The number of hydrogen-bond donors (Lipinski definition) is 2. The monoisotopic (exact) mass is 321 g/mol. The maximum Gasteiger partial charge on any atom is 0.274 e. The molecule has 0 radical (unpaired) electrons. The lowest BCUT2D eigenvalue weighted by Gasteiger charge is -2.11. The Morgan fingerprint density at radius 2 is 2.09 bits per heavy atom. The summed E-state index contributed by atoms with van der Waals surface area (Å²) in [5.41, 5.74) is 0.726. The lowest BCUT2D eigenvalue weighted by Crippen LogP contribution is -2.44. The van der Waals surface area contributed by atoms with E-state index in [1.54, 1.807) is 31.2 Å². The second-order valence-electron chi connectivity index (χ2n) is 4.59. The van der Waals surface area contributed by atoms with Crippen LogP contribution >= 0.6 is 11.6 Å². The van der Waals surface area contributed by atoms with Gasteiger partial charge in [-0.1, -0.05) is 28.9 Å². The first kappa shape index (κ1) is 16.0. The molecule has 0 saturated carbocycles. The highest BCUT2D eigenvalue weighted by molar-refractivity contribution is 6.32. The average Bonchev–Trinajstić information content (AvgIpc) is 2.97. The normalized spacial score (nSPS) is 11.8. The smallest absolute Gasteiger partial charge is 0.274 e. The van der Waals surface area contributed by atoms with Crippen molar-refractivity contribution in [3.63, 3.8) is 0 Å². The Hall–Kier alpha value is -2.41. The van der Waals surface area contributed by atoms with E-state index in [2.05, 4.69) is 20.9 Å². The molecule has 2 rings (SSSR count). The van der Waals surface area contributed by atoms with Crippen molar-refractivity contribution in [3.8, 4) is 5.69 Å². The maximum atomic E-state index is 12.1. The zero-order chi connectivity index (χ0) is 16.1. The summed E-state index contributed by atoms with van der Waals surface area (Å²) in [7, 11) is 0. The van der Waals surface area contributed by atoms with E-state index in [1.165, 1.54) is 10.9 Å². The maximum absolute atomic E-state index is 12.1. The molecule has 0 spiro atoms. The topological polar surface area (TPSA) is 88.9 Å². The van der Waals surface area contributed by atoms with Crippen LogP contribution in [0, 0.1) is 0 Å². The van der Waals surface area contributed by atoms with Crippen LogP contribution in [-0.2, 0) is 4.79 Å². The molecule has 1 aromatic heterocycles. The Morgan fingerprint density at radius 1 is 1.36 bits per heavy atom. The molecule has 0 saturated heterocycles. The summed E-state index contributed by atoms with van der Waals surface area (Å²) in [4.78, 5) is 23.7. The quantitative estimate of drug-likeness (QED) is 0.865. The van der Waals surface area contributed by atoms with Gasteiger partial charge < -0.3 is 10.6 Å². The molecule has 0 unspecified atom stereocenters. The number of benzene rings is 1. The first-order valence-corrected chi connectivity index (χ1v) is 7.16. The number of carbonyl (C=O) groups excluding carboxylic acids is 2. The highest BCUT2D eigenvalue weighted by Crippen LogP contribution is 2.18. The summed E-state index contributed by atoms with van der Waals surface area (Å²) in [6.45, 7) is 3.91. The van der Waals surface area contributed by atoms with E-state index in [0.717, 1.165) is 0 Å². The third kappa shape index (κ3) is 3.62. The summed E-state index contributed by atoms with van der Waals surface area (Å²) in [5, 5.41) is 13.4. The van der Waals surface area contributed by atoms with Crippen molar-refractivity contribution in [2.45, 2.75) is 19.9 Å². The van der Waals surface area contributed by atoms with Gasteiger partial charge in [-0.05, 0) is 26.0 Å². The fraction of sp³-hybridized carbons (Fsp3) is 0.286. The lowest BCUT2D eigenvalue weighted by atomic mass is 10.3. The zero-order valence-corrected chi connectivity index (χ0v) is 13.0. The van der Waals surface area contributed by atoms with Gasteiger partial charge in [0.05, 0.1) is 16.9 Å². The van der Waals surface area contributed by atoms with Gasteiger partial charge in [-0.15, -0.1) is 5.10 Å². The first-order valence-electron chi connectivity index (χ1n) is 6.78. The van der Waals surface area contributed by atoms with Gasteiger partial charge in [-0.2, -0.15) is 0 Å². The lowest BCUT2D eigenvalue weighted by molar-refractivity contribution is -0.122. The van der Waals surface area contributed by atoms with Gasteiger partial charge in [0.15, 0.2) is 5.69 Å². The van der Waals surface area contributed by atoms with Gasteiger partial charge in [0.1, 0.15) is 6.04 Å². The second kappa shape index (κ2) is 7.04. The molecule has 2 N–H and O–H groups in total. The Kier molecular flexibility index (Phi) is 5.11. The largest absolute Gasteiger partial charge is 0.355 e. The third-order valence-corrected chi connectivity index (χ3v) is 3.24. The van der Waals surface area contributed by atoms with Crippen molar-refractivity contribution in [3.05, 3.63) is 41.2 Å². The van der Waals surface area contributed by atoms with Crippen molar-refractivity contribution in [2.75, 3.05) is 6.54 Å². The molecule has 0 aliphatic carbocycles. The molecule has 0 aliphatic heterocycles. The van der Waals surface area contributed by atoms with Gasteiger partial charge in [0, 0.05) is 6.54 Å². The summed E-state index contributed by atoms with van der Waals surface area (Å²) in [6.07, 6.45) is 1.46. The van der Waals surface area contributed by atoms with Crippen LogP contribution in [0.4, 0.5) is 0 Å². The van der Waals surface area contributed by atoms with E-state index in [1.807, 2.05) is 6.92 Å². The molecule has 8 heteroatoms. The minimum absolute atomic E-state index is 0.107. The summed E-state index contributed by atoms with van der Waals surface area (Å²) >= 11 is 6.07. The number of hydrogen-bond acceptors (Lipinski definition) is 4. The average molecular weight is 322 g/mol. The Bertz CT molecular complexity index is 685. The molecule has 2 aromatic rings. The van der Waals surface area contributed by atoms with E-state index in [4.69, 9.17) is 11.6 Å². The van der Waals surface area contributed by atoms with Crippen molar-refractivity contribution in [2.24, 2.45) is 0 Å². The molecular weight excluding hydrogens is 306 g/mol. The second-order valence-corrected chi connectivity index (χ2v) is 5.00. The molecule has 1 heterocycles. The number of nitrogens with zero attached hydrogens (tertiary/aromatic N) is 3. The van der Waals surface area contributed by atoms with E-state index in [0.29, 0.717) is 17.3 Å². The molecule has 1 atom stereocenters. The Balaban J connectivity index is 2.10. The first-order chi connectivity index (χ1) is 10.5. The van der Waals surface area contributed by atoms with E-state index >= 15 is 0 Å². The number of likely N-dealkylation sites (N-methyl/N-ethyl adjacent to an activating group) is 1. The number of aromatic nitrogens is 3. The van der Waals surface area contributed by atoms with Crippen molar-refractivity contribution in [1.82, 2.24) is 25.6 Å². The minimum atomic E-state index is -0.655. The van der Waals surface area contributed by atoms with E-state index in [9.17, 15) is 9.59 Å². The van der Waals surface area contributed by atoms with Gasteiger partial charge in [-0.25, -0.2) is 4.68 Å². The number of nitrogens with one attached hydrogen (secondary N) is 2. The molecule has 7 nitrogen and oxygen atoms in total. The number of amides is 2. The molecule has 0 aliphatic rings. The predicted molar refractivity (Wildman–Crippen MR) is 82.0 cm³/mol. The van der Waals surface area contributed by atoms with Crippen LogP contribution in [0.1, 0.15) is 24.3 Å². The summed E-state index contributed by atoms with van der Waals surface area (Å²) in [5.74, 6) is -0.730. The van der Waals surface area contributed by atoms with Crippen LogP contribution in [0.3, 0.4) is 0 Å². The highest BCUT2D eigenvalue weighted by Gasteiger charge is 2.18. The zero-order valence-electron chi connectivity index (χ0n) is 12.2. The number of para-hydroxylation sites is 1. The van der Waals surface area contributed by atoms with Crippen LogP contribution in [0.15, 0.2) is 30.5 Å².